The summed E-state index contributed by atoms with van der Waals surface area (Å²) in [6.07, 6.45) is 0.608. The van der Waals surface area contributed by atoms with Gasteiger partial charge in [-0.1, -0.05) is 35.3 Å². The van der Waals surface area contributed by atoms with Gasteiger partial charge in [-0.2, -0.15) is 0 Å². The van der Waals surface area contributed by atoms with Gasteiger partial charge in [0.25, 0.3) is 0 Å². The molecule has 4 nitrogen and oxygen atoms in total. The van der Waals surface area contributed by atoms with Crippen molar-refractivity contribution >= 4 is 34.3 Å². The Morgan fingerprint density at radius 3 is 2.71 bits per heavy atom. The van der Waals surface area contributed by atoms with Crippen LogP contribution < -0.4 is 11.5 Å². The fraction of sp³-hybridized carbons (Fsp3) is 0.133. The maximum absolute atomic E-state index is 11.1. The Morgan fingerprint density at radius 1 is 1.14 bits per heavy atom. The summed E-state index contributed by atoms with van der Waals surface area (Å²) in [5.74, 6) is -0.472. The van der Waals surface area contributed by atoms with Crippen molar-refractivity contribution in [1.82, 2.24) is 4.98 Å². The third-order valence-electron chi connectivity index (χ3n) is 3.31. The second-order valence-corrected chi connectivity index (χ2v) is 5.64. The van der Waals surface area contributed by atoms with E-state index >= 15 is 0 Å². The van der Waals surface area contributed by atoms with Crippen LogP contribution >= 0.6 is 23.2 Å². The molecule has 0 saturated carbocycles. The van der Waals surface area contributed by atoms with Gasteiger partial charge in [-0.25, -0.2) is 4.79 Å². The van der Waals surface area contributed by atoms with Crippen LogP contribution in [0.25, 0.3) is 11.1 Å². The van der Waals surface area contributed by atoms with E-state index in [0.717, 1.165) is 11.1 Å². The predicted molar refractivity (Wildman–Crippen MR) is 83.9 cm³/mol. The molecule has 3 N–H and O–H groups in total. The maximum atomic E-state index is 11.1. The molecule has 3 aromatic rings. The Kier molecular flexibility index (Phi) is 3.76. The number of nitrogens with one attached hydrogen (secondary N) is 1. The van der Waals surface area contributed by atoms with Gasteiger partial charge >= 0.3 is 5.76 Å². The summed E-state index contributed by atoms with van der Waals surface area (Å²) in [7, 11) is 0. The van der Waals surface area contributed by atoms with Crippen molar-refractivity contribution < 1.29 is 4.42 Å². The number of fused-ring (bicyclic) bond motifs is 1. The number of oxazole rings is 1. The standard InChI is InChI=1S/C15H12Cl2N2O2/c16-10-3-1-8(5-11(10)17)6-12(18)9-2-4-13-14(7-9)21-15(20)19-13/h1-5,7,12H,6,18H2,(H,19,20). The Hall–Kier alpha value is -1.75. The normalized spacial score (nSPS) is 12.7. The highest BCUT2D eigenvalue weighted by Crippen LogP contribution is 2.25. The average Bonchev–Trinajstić information content (AvgIpc) is 2.82. The van der Waals surface area contributed by atoms with Gasteiger partial charge in [-0.05, 0) is 41.8 Å². The molecule has 6 heteroatoms. The average molecular weight is 323 g/mol. The van der Waals surface area contributed by atoms with E-state index in [1.165, 1.54) is 0 Å². The first-order valence-corrected chi connectivity index (χ1v) is 7.11. The van der Waals surface area contributed by atoms with Crippen LogP contribution in [0.5, 0.6) is 0 Å². The number of aromatic amines is 1. The lowest BCUT2D eigenvalue weighted by molar-refractivity contribution is 0.554. The van der Waals surface area contributed by atoms with Gasteiger partial charge in [-0.3, -0.25) is 4.98 Å². The highest BCUT2D eigenvalue weighted by atomic mass is 35.5. The van der Waals surface area contributed by atoms with Gasteiger partial charge in [0.15, 0.2) is 5.58 Å². The Morgan fingerprint density at radius 2 is 1.95 bits per heavy atom. The van der Waals surface area contributed by atoms with Crippen molar-refractivity contribution in [3.63, 3.8) is 0 Å². The van der Waals surface area contributed by atoms with Crippen molar-refractivity contribution in [2.45, 2.75) is 12.5 Å². The van der Waals surface area contributed by atoms with Crippen LogP contribution in [0.1, 0.15) is 17.2 Å². The van der Waals surface area contributed by atoms with Crippen molar-refractivity contribution in [2.24, 2.45) is 5.73 Å². The number of benzene rings is 2. The van der Waals surface area contributed by atoms with Crippen molar-refractivity contribution in [3.8, 4) is 0 Å². The molecule has 0 spiro atoms. The number of halogens is 2. The van der Waals surface area contributed by atoms with Gasteiger partial charge in [0.1, 0.15) is 0 Å². The van der Waals surface area contributed by atoms with E-state index in [2.05, 4.69) is 4.98 Å². The molecule has 0 amide bonds. The number of H-pyrrole nitrogens is 1. The molecule has 0 fully saturated rings. The van der Waals surface area contributed by atoms with E-state index in [4.69, 9.17) is 33.4 Å². The molecule has 21 heavy (non-hydrogen) atoms. The zero-order valence-electron chi connectivity index (χ0n) is 10.9. The molecule has 0 saturated heterocycles. The highest BCUT2D eigenvalue weighted by Gasteiger charge is 2.11. The van der Waals surface area contributed by atoms with Crippen LogP contribution in [-0.4, -0.2) is 4.98 Å². The summed E-state index contributed by atoms with van der Waals surface area (Å²) < 4.78 is 5.04. The minimum absolute atomic E-state index is 0.230. The van der Waals surface area contributed by atoms with Crippen LogP contribution in [0.4, 0.5) is 0 Å². The molecule has 3 rings (SSSR count). The lowest BCUT2D eigenvalue weighted by Crippen LogP contribution is -2.13. The molecule has 0 radical (unpaired) electrons. The lowest BCUT2D eigenvalue weighted by Gasteiger charge is -2.12. The van der Waals surface area contributed by atoms with E-state index in [1.54, 1.807) is 24.3 Å². The summed E-state index contributed by atoms with van der Waals surface area (Å²) in [6, 6.07) is 10.6. The molecular weight excluding hydrogens is 311 g/mol. The van der Waals surface area contributed by atoms with E-state index in [9.17, 15) is 4.79 Å². The molecule has 0 bridgehead atoms. The molecule has 0 aliphatic heterocycles. The molecule has 1 unspecified atom stereocenters. The first-order chi connectivity index (χ1) is 10.0. The van der Waals surface area contributed by atoms with E-state index < -0.39 is 5.76 Å². The lowest BCUT2D eigenvalue weighted by atomic mass is 9.99. The maximum Gasteiger partial charge on any atom is 0.417 e. The monoisotopic (exact) mass is 322 g/mol. The van der Waals surface area contributed by atoms with Crippen LogP contribution in [0.2, 0.25) is 10.0 Å². The summed E-state index contributed by atoms with van der Waals surface area (Å²) >= 11 is 11.9. The topological polar surface area (TPSA) is 72.0 Å². The zero-order valence-corrected chi connectivity index (χ0v) is 12.4. The second kappa shape index (κ2) is 5.56. The molecule has 1 aromatic heterocycles. The number of nitrogens with two attached hydrogens (primary N) is 1. The van der Waals surface area contributed by atoms with Crippen molar-refractivity contribution in [3.05, 3.63) is 68.1 Å². The SMILES string of the molecule is NC(Cc1ccc(Cl)c(Cl)c1)c1ccc2[nH]c(=O)oc2c1. The minimum Gasteiger partial charge on any atom is -0.408 e. The molecule has 0 aliphatic carbocycles. The molecular formula is C15H12Cl2N2O2. The first-order valence-electron chi connectivity index (χ1n) is 6.35. The van der Waals surface area contributed by atoms with Gasteiger partial charge in [0.05, 0.1) is 15.6 Å². The number of hydrogen-bond donors (Lipinski definition) is 2. The summed E-state index contributed by atoms with van der Waals surface area (Å²) in [5, 5.41) is 1.03. The molecule has 108 valence electrons. The minimum atomic E-state index is -0.472. The Bertz CT molecular complexity index is 854. The second-order valence-electron chi connectivity index (χ2n) is 4.83. The summed E-state index contributed by atoms with van der Waals surface area (Å²) in [5.41, 5.74) is 9.25. The number of rotatable bonds is 3. The van der Waals surface area contributed by atoms with Gasteiger partial charge in [0, 0.05) is 6.04 Å². The fourth-order valence-corrected chi connectivity index (χ4v) is 2.55. The number of hydrogen-bond acceptors (Lipinski definition) is 3. The van der Waals surface area contributed by atoms with Gasteiger partial charge < -0.3 is 10.2 Å². The molecule has 0 aliphatic rings. The van der Waals surface area contributed by atoms with Crippen molar-refractivity contribution in [2.75, 3.05) is 0 Å². The zero-order chi connectivity index (χ0) is 15.0. The third-order valence-corrected chi connectivity index (χ3v) is 4.05. The van der Waals surface area contributed by atoms with Gasteiger partial charge in [0.2, 0.25) is 0 Å². The van der Waals surface area contributed by atoms with E-state index in [0.29, 0.717) is 27.6 Å². The Balaban J connectivity index is 1.87. The van der Waals surface area contributed by atoms with Crippen LogP contribution in [0.15, 0.2) is 45.6 Å². The quantitative estimate of drug-likeness (QED) is 0.772. The Labute approximate surface area is 130 Å². The smallest absolute Gasteiger partial charge is 0.408 e. The molecule has 2 aromatic carbocycles. The van der Waals surface area contributed by atoms with E-state index in [-0.39, 0.29) is 6.04 Å². The summed E-state index contributed by atoms with van der Waals surface area (Å²) in [4.78, 5) is 13.7. The van der Waals surface area contributed by atoms with Crippen LogP contribution in [-0.2, 0) is 6.42 Å². The fourth-order valence-electron chi connectivity index (χ4n) is 2.23. The van der Waals surface area contributed by atoms with Gasteiger partial charge in [-0.15, -0.1) is 0 Å². The van der Waals surface area contributed by atoms with Crippen LogP contribution in [0.3, 0.4) is 0 Å². The largest absolute Gasteiger partial charge is 0.417 e. The highest BCUT2D eigenvalue weighted by molar-refractivity contribution is 6.42. The molecule has 1 atom stereocenters. The first kappa shape index (κ1) is 14.2. The predicted octanol–water partition coefficient (Wildman–Crippen LogP) is 3.67. The van der Waals surface area contributed by atoms with E-state index in [1.807, 2.05) is 12.1 Å². The van der Waals surface area contributed by atoms with Crippen molar-refractivity contribution in [1.29, 1.82) is 0 Å². The summed E-state index contributed by atoms with van der Waals surface area (Å²) in [6.45, 7) is 0. The molecule has 1 heterocycles. The third kappa shape index (κ3) is 2.97. The number of aromatic nitrogens is 1. The van der Waals surface area contributed by atoms with Crippen LogP contribution in [0, 0.1) is 0 Å².